The molecular formula is C22H30N6O. The first-order valence-corrected chi connectivity index (χ1v) is 9.96. The molecule has 0 aliphatic rings. The van der Waals surface area contributed by atoms with Gasteiger partial charge in [-0.1, -0.05) is 30.3 Å². The Labute approximate surface area is 172 Å². The average Bonchev–Trinajstić information content (AvgIpc) is 3.23. The van der Waals surface area contributed by atoms with Crippen molar-refractivity contribution in [1.82, 2.24) is 30.2 Å². The maximum absolute atomic E-state index is 12.4. The molecule has 2 amide bonds. The minimum atomic E-state index is -0.181. The van der Waals surface area contributed by atoms with Crippen LogP contribution in [-0.4, -0.2) is 31.6 Å². The number of hydrogen-bond donors (Lipinski definition) is 2. The Morgan fingerprint density at radius 1 is 1.14 bits per heavy atom. The summed E-state index contributed by atoms with van der Waals surface area (Å²) >= 11 is 0. The third-order valence-electron chi connectivity index (χ3n) is 5.23. The summed E-state index contributed by atoms with van der Waals surface area (Å²) in [6.45, 7) is 8.74. The van der Waals surface area contributed by atoms with Gasteiger partial charge in [-0.3, -0.25) is 9.36 Å². The zero-order valence-electron chi connectivity index (χ0n) is 17.8. The smallest absolute Gasteiger partial charge is 0.315 e. The van der Waals surface area contributed by atoms with Crippen LogP contribution in [0.2, 0.25) is 0 Å². The summed E-state index contributed by atoms with van der Waals surface area (Å²) in [4.78, 5) is 12.4. The SMILES string of the molecule is Cc1nn(C)c(C)c1C[C@H](C)NC(=O)N[C@@H](C)c1cnn(Cc2ccccc2)c1. The molecular weight excluding hydrogens is 364 g/mol. The van der Waals surface area contributed by atoms with E-state index in [4.69, 9.17) is 0 Å². The van der Waals surface area contributed by atoms with Crippen LogP contribution < -0.4 is 10.6 Å². The molecule has 0 unspecified atom stereocenters. The number of amides is 2. The number of nitrogens with zero attached hydrogens (tertiary/aromatic N) is 4. The Hall–Kier alpha value is -3.09. The van der Waals surface area contributed by atoms with E-state index in [1.165, 1.54) is 11.1 Å². The van der Waals surface area contributed by atoms with Gasteiger partial charge in [0.2, 0.25) is 0 Å². The van der Waals surface area contributed by atoms with Crippen LogP contribution >= 0.6 is 0 Å². The van der Waals surface area contributed by atoms with E-state index in [-0.39, 0.29) is 18.1 Å². The molecule has 0 saturated heterocycles. The highest BCUT2D eigenvalue weighted by Gasteiger charge is 2.16. The minimum absolute atomic E-state index is 0.00426. The fourth-order valence-electron chi connectivity index (χ4n) is 3.48. The van der Waals surface area contributed by atoms with Gasteiger partial charge in [0.15, 0.2) is 0 Å². The van der Waals surface area contributed by atoms with E-state index < -0.39 is 0 Å². The average molecular weight is 395 g/mol. The monoisotopic (exact) mass is 394 g/mol. The van der Waals surface area contributed by atoms with Crippen molar-refractivity contribution in [1.29, 1.82) is 0 Å². The van der Waals surface area contributed by atoms with Crippen molar-refractivity contribution in [2.45, 2.75) is 52.7 Å². The topological polar surface area (TPSA) is 76.8 Å². The molecule has 2 heterocycles. The summed E-state index contributed by atoms with van der Waals surface area (Å²) in [5.41, 5.74) is 5.50. The van der Waals surface area contributed by atoms with Gasteiger partial charge in [0.05, 0.1) is 24.5 Å². The molecule has 7 heteroatoms. The van der Waals surface area contributed by atoms with Crippen molar-refractivity contribution in [3.63, 3.8) is 0 Å². The molecule has 3 rings (SSSR count). The number of aryl methyl sites for hydroxylation is 2. The Morgan fingerprint density at radius 3 is 2.52 bits per heavy atom. The van der Waals surface area contributed by atoms with Crippen molar-refractivity contribution in [3.8, 4) is 0 Å². The molecule has 0 aliphatic heterocycles. The van der Waals surface area contributed by atoms with Gasteiger partial charge in [-0.25, -0.2) is 4.79 Å². The van der Waals surface area contributed by atoms with E-state index in [2.05, 4.69) is 39.9 Å². The first kappa shape index (κ1) is 20.6. The summed E-state index contributed by atoms with van der Waals surface area (Å²) in [7, 11) is 1.94. The second-order valence-corrected chi connectivity index (χ2v) is 7.67. The van der Waals surface area contributed by atoms with E-state index >= 15 is 0 Å². The van der Waals surface area contributed by atoms with Crippen LogP contribution in [0, 0.1) is 13.8 Å². The molecule has 2 aromatic heterocycles. The molecule has 3 aromatic rings. The van der Waals surface area contributed by atoms with E-state index in [0.717, 1.165) is 23.4 Å². The lowest BCUT2D eigenvalue weighted by Gasteiger charge is -2.18. The summed E-state index contributed by atoms with van der Waals surface area (Å²) < 4.78 is 3.77. The largest absolute Gasteiger partial charge is 0.335 e. The van der Waals surface area contributed by atoms with Crippen molar-refractivity contribution in [3.05, 3.63) is 70.8 Å². The summed E-state index contributed by atoms with van der Waals surface area (Å²) in [6.07, 6.45) is 4.53. The minimum Gasteiger partial charge on any atom is -0.335 e. The number of rotatable bonds is 7. The predicted molar refractivity (Wildman–Crippen MR) is 114 cm³/mol. The molecule has 0 bridgehead atoms. The quantitative estimate of drug-likeness (QED) is 0.646. The fourth-order valence-corrected chi connectivity index (χ4v) is 3.48. The summed E-state index contributed by atoms with van der Waals surface area (Å²) in [5.74, 6) is 0. The van der Waals surface area contributed by atoms with Crippen molar-refractivity contribution in [2.75, 3.05) is 0 Å². The Balaban J connectivity index is 1.52. The third-order valence-corrected chi connectivity index (χ3v) is 5.23. The van der Waals surface area contributed by atoms with Crippen LogP contribution in [0.5, 0.6) is 0 Å². The number of hydrogen-bond acceptors (Lipinski definition) is 3. The van der Waals surface area contributed by atoms with E-state index in [1.807, 2.05) is 61.6 Å². The number of nitrogens with one attached hydrogen (secondary N) is 2. The van der Waals surface area contributed by atoms with Crippen LogP contribution in [0.4, 0.5) is 4.79 Å². The zero-order valence-corrected chi connectivity index (χ0v) is 17.8. The van der Waals surface area contributed by atoms with E-state index in [1.54, 1.807) is 6.20 Å². The van der Waals surface area contributed by atoms with E-state index in [9.17, 15) is 4.79 Å². The Bertz CT molecular complexity index is 959. The van der Waals surface area contributed by atoms with Gasteiger partial charge in [0, 0.05) is 30.5 Å². The normalized spacial score (nSPS) is 13.1. The van der Waals surface area contributed by atoms with Gasteiger partial charge < -0.3 is 10.6 Å². The van der Waals surface area contributed by atoms with Crippen LogP contribution in [0.15, 0.2) is 42.7 Å². The maximum atomic E-state index is 12.4. The summed E-state index contributed by atoms with van der Waals surface area (Å²) in [5, 5.41) is 14.9. The number of carbonyl (C=O) groups is 1. The molecule has 0 aliphatic carbocycles. The van der Waals surface area contributed by atoms with Crippen LogP contribution in [-0.2, 0) is 20.0 Å². The second-order valence-electron chi connectivity index (χ2n) is 7.67. The standard InChI is InChI=1S/C22H30N6O/c1-15(11-21-17(3)26-27(5)18(21)4)24-22(29)25-16(2)20-12-23-28(14-20)13-19-9-7-6-8-10-19/h6-10,12,14-16H,11,13H2,1-5H3,(H2,24,25,29)/t15-,16-/m0/s1. The molecule has 0 spiro atoms. The van der Waals surface area contributed by atoms with Gasteiger partial charge in [-0.2, -0.15) is 10.2 Å². The molecule has 2 atom stereocenters. The van der Waals surface area contributed by atoms with Gasteiger partial charge in [-0.15, -0.1) is 0 Å². The first-order chi connectivity index (χ1) is 13.8. The number of aromatic nitrogens is 4. The van der Waals surface area contributed by atoms with E-state index in [0.29, 0.717) is 6.54 Å². The summed E-state index contributed by atoms with van der Waals surface area (Å²) in [6, 6.07) is 9.87. The van der Waals surface area contributed by atoms with Gasteiger partial charge >= 0.3 is 6.03 Å². The van der Waals surface area contributed by atoms with Crippen molar-refractivity contribution < 1.29 is 4.79 Å². The Morgan fingerprint density at radius 2 is 1.86 bits per heavy atom. The molecule has 1 aromatic carbocycles. The zero-order chi connectivity index (χ0) is 21.0. The highest BCUT2D eigenvalue weighted by atomic mass is 16.2. The van der Waals surface area contributed by atoms with Gasteiger partial charge in [0.25, 0.3) is 0 Å². The third kappa shape index (κ3) is 5.25. The van der Waals surface area contributed by atoms with Crippen LogP contribution in [0.3, 0.4) is 0 Å². The molecule has 2 N–H and O–H groups in total. The predicted octanol–water partition coefficient (Wildman–Crippen LogP) is 3.27. The highest BCUT2D eigenvalue weighted by molar-refractivity contribution is 5.74. The maximum Gasteiger partial charge on any atom is 0.315 e. The second kappa shape index (κ2) is 8.94. The van der Waals surface area contributed by atoms with Crippen LogP contribution in [0.1, 0.15) is 48.0 Å². The number of urea groups is 1. The lowest BCUT2D eigenvalue weighted by Crippen LogP contribution is -2.42. The molecule has 0 radical (unpaired) electrons. The molecule has 29 heavy (non-hydrogen) atoms. The molecule has 7 nitrogen and oxygen atoms in total. The van der Waals surface area contributed by atoms with Crippen LogP contribution in [0.25, 0.3) is 0 Å². The Kier molecular flexibility index (Phi) is 6.36. The number of benzene rings is 1. The lowest BCUT2D eigenvalue weighted by molar-refractivity contribution is 0.234. The highest BCUT2D eigenvalue weighted by Crippen LogP contribution is 2.15. The number of carbonyl (C=O) groups excluding carboxylic acids is 1. The van der Waals surface area contributed by atoms with Crippen molar-refractivity contribution >= 4 is 6.03 Å². The molecule has 0 fully saturated rings. The van der Waals surface area contributed by atoms with Crippen molar-refractivity contribution in [2.24, 2.45) is 7.05 Å². The van der Waals surface area contributed by atoms with Gasteiger partial charge in [-0.05, 0) is 45.2 Å². The molecule has 154 valence electrons. The molecule has 0 saturated carbocycles. The lowest BCUT2D eigenvalue weighted by atomic mass is 10.1. The first-order valence-electron chi connectivity index (χ1n) is 9.96. The fraction of sp³-hybridized carbons (Fsp3) is 0.409. The van der Waals surface area contributed by atoms with Gasteiger partial charge in [0.1, 0.15) is 0 Å².